The van der Waals surface area contributed by atoms with Crippen LogP contribution in [0.1, 0.15) is 21.1 Å². The molecule has 0 aliphatic heterocycles. The fourth-order valence-corrected chi connectivity index (χ4v) is 2.51. The summed E-state index contributed by atoms with van der Waals surface area (Å²) in [5.41, 5.74) is 1.29. The van der Waals surface area contributed by atoms with Crippen LogP contribution in [0.3, 0.4) is 0 Å². The summed E-state index contributed by atoms with van der Waals surface area (Å²) < 4.78 is 5.50. The van der Waals surface area contributed by atoms with Gasteiger partial charge in [0.15, 0.2) is 0 Å². The fraction of sp³-hybridized carbons (Fsp3) is 0.333. The zero-order valence-electron chi connectivity index (χ0n) is 11.8. The molecule has 6 heteroatoms. The van der Waals surface area contributed by atoms with E-state index in [1.807, 2.05) is 6.92 Å². The van der Waals surface area contributed by atoms with Crippen molar-refractivity contribution in [3.05, 3.63) is 45.9 Å². The Kier molecular flexibility index (Phi) is 5.71. The minimum absolute atomic E-state index is 0.190. The molecule has 0 unspecified atom stereocenters. The quantitative estimate of drug-likeness (QED) is 0.733. The Bertz CT molecular complexity index is 598. The number of nitrogens with one attached hydrogen (secondary N) is 1. The van der Waals surface area contributed by atoms with Crippen LogP contribution >= 0.6 is 11.3 Å². The van der Waals surface area contributed by atoms with Gasteiger partial charge in [-0.3, -0.25) is 0 Å². The number of ether oxygens (including phenoxy) is 1. The average Bonchev–Trinajstić information content (AvgIpc) is 2.88. The average molecular weight is 306 g/mol. The maximum Gasteiger partial charge on any atom is 0.339 e. The topological polar surface area (TPSA) is 71.5 Å². The SMILES string of the molecule is Cc1nc(CCNCCOc2ccccc2C(=O)O)cs1. The molecule has 112 valence electrons. The van der Waals surface area contributed by atoms with Gasteiger partial charge in [-0.25, -0.2) is 9.78 Å². The van der Waals surface area contributed by atoms with Crippen molar-refractivity contribution in [2.45, 2.75) is 13.3 Å². The van der Waals surface area contributed by atoms with Gasteiger partial charge in [-0.15, -0.1) is 11.3 Å². The minimum Gasteiger partial charge on any atom is -0.491 e. The Morgan fingerprint density at radius 2 is 2.19 bits per heavy atom. The highest BCUT2D eigenvalue weighted by atomic mass is 32.1. The summed E-state index contributed by atoms with van der Waals surface area (Å²) in [4.78, 5) is 15.4. The number of aryl methyl sites for hydroxylation is 1. The molecule has 0 bridgehead atoms. The number of rotatable bonds is 8. The monoisotopic (exact) mass is 306 g/mol. The van der Waals surface area contributed by atoms with E-state index in [9.17, 15) is 4.79 Å². The summed E-state index contributed by atoms with van der Waals surface area (Å²) in [6.07, 6.45) is 0.885. The zero-order valence-corrected chi connectivity index (χ0v) is 12.7. The second-order valence-electron chi connectivity index (χ2n) is 4.51. The number of hydrogen-bond donors (Lipinski definition) is 2. The number of carboxylic acids is 1. The van der Waals surface area contributed by atoms with Crippen molar-refractivity contribution in [3.63, 3.8) is 0 Å². The lowest BCUT2D eigenvalue weighted by Gasteiger charge is -2.09. The molecule has 2 N–H and O–H groups in total. The van der Waals surface area contributed by atoms with Gasteiger partial charge < -0.3 is 15.2 Å². The van der Waals surface area contributed by atoms with Crippen LogP contribution in [0.15, 0.2) is 29.6 Å². The fourth-order valence-electron chi connectivity index (χ4n) is 1.87. The maximum absolute atomic E-state index is 11.0. The van der Waals surface area contributed by atoms with Gasteiger partial charge in [0, 0.05) is 24.9 Å². The van der Waals surface area contributed by atoms with Gasteiger partial charge in [0.05, 0.1) is 10.7 Å². The molecule has 0 amide bonds. The predicted octanol–water partition coefficient (Wildman–Crippen LogP) is 2.36. The Morgan fingerprint density at radius 1 is 1.38 bits per heavy atom. The van der Waals surface area contributed by atoms with E-state index >= 15 is 0 Å². The molecule has 1 heterocycles. The Balaban J connectivity index is 1.67. The molecule has 0 saturated heterocycles. The van der Waals surface area contributed by atoms with E-state index in [0.717, 1.165) is 23.7 Å². The minimum atomic E-state index is -0.975. The van der Waals surface area contributed by atoms with Gasteiger partial charge in [-0.2, -0.15) is 0 Å². The van der Waals surface area contributed by atoms with E-state index in [4.69, 9.17) is 9.84 Å². The van der Waals surface area contributed by atoms with Crippen LogP contribution in [0.4, 0.5) is 0 Å². The first-order valence-corrected chi connectivity index (χ1v) is 7.61. The van der Waals surface area contributed by atoms with E-state index in [0.29, 0.717) is 18.9 Å². The molecule has 21 heavy (non-hydrogen) atoms. The number of para-hydroxylation sites is 1. The molecule has 0 aliphatic carbocycles. The second kappa shape index (κ2) is 7.75. The first kappa shape index (κ1) is 15.5. The van der Waals surface area contributed by atoms with Crippen LogP contribution in [0.25, 0.3) is 0 Å². The number of carboxylic acid groups (broad SMARTS) is 1. The summed E-state index contributed by atoms with van der Waals surface area (Å²) in [7, 11) is 0. The van der Waals surface area contributed by atoms with E-state index in [1.54, 1.807) is 29.5 Å². The van der Waals surface area contributed by atoms with Crippen molar-refractivity contribution in [1.82, 2.24) is 10.3 Å². The molecular formula is C15H18N2O3S. The number of aromatic nitrogens is 1. The Labute approximate surface area is 127 Å². The number of carbonyl (C=O) groups is 1. The molecule has 0 saturated carbocycles. The summed E-state index contributed by atoms with van der Waals surface area (Å²) in [5, 5.41) is 15.4. The van der Waals surface area contributed by atoms with E-state index in [2.05, 4.69) is 15.7 Å². The van der Waals surface area contributed by atoms with Gasteiger partial charge in [0.2, 0.25) is 0 Å². The third-order valence-electron chi connectivity index (χ3n) is 2.88. The van der Waals surface area contributed by atoms with E-state index < -0.39 is 5.97 Å². The van der Waals surface area contributed by atoms with Crippen LogP contribution in [0.2, 0.25) is 0 Å². The van der Waals surface area contributed by atoms with Crippen LogP contribution in [-0.4, -0.2) is 35.8 Å². The number of thiazole rings is 1. The molecule has 1 aromatic heterocycles. The van der Waals surface area contributed by atoms with Crippen molar-refractivity contribution in [2.24, 2.45) is 0 Å². The number of aromatic carboxylic acids is 1. The summed E-state index contributed by atoms with van der Waals surface area (Å²) >= 11 is 1.66. The molecule has 2 rings (SSSR count). The zero-order chi connectivity index (χ0) is 15.1. The van der Waals surface area contributed by atoms with Crippen molar-refractivity contribution >= 4 is 17.3 Å². The van der Waals surface area contributed by atoms with E-state index in [1.165, 1.54) is 6.07 Å². The van der Waals surface area contributed by atoms with Gasteiger partial charge in [0.25, 0.3) is 0 Å². The predicted molar refractivity (Wildman–Crippen MR) is 82.3 cm³/mol. The lowest BCUT2D eigenvalue weighted by Crippen LogP contribution is -2.23. The van der Waals surface area contributed by atoms with Crippen molar-refractivity contribution in [1.29, 1.82) is 0 Å². The molecule has 1 aromatic carbocycles. The first-order chi connectivity index (χ1) is 10.2. The lowest BCUT2D eigenvalue weighted by atomic mass is 10.2. The van der Waals surface area contributed by atoms with Crippen LogP contribution in [0, 0.1) is 6.92 Å². The first-order valence-electron chi connectivity index (χ1n) is 6.73. The molecule has 5 nitrogen and oxygen atoms in total. The number of nitrogens with zero attached hydrogens (tertiary/aromatic N) is 1. The molecule has 0 aliphatic rings. The largest absolute Gasteiger partial charge is 0.491 e. The maximum atomic E-state index is 11.0. The van der Waals surface area contributed by atoms with Crippen LogP contribution < -0.4 is 10.1 Å². The Hall–Kier alpha value is -1.92. The lowest BCUT2D eigenvalue weighted by molar-refractivity contribution is 0.0692. The highest BCUT2D eigenvalue weighted by Gasteiger charge is 2.09. The third kappa shape index (κ3) is 4.84. The van der Waals surface area contributed by atoms with Crippen LogP contribution in [-0.2, 0) is 6.42 Å². The van der Waals surface area contributed by atoms with E-state index in [-0.39, 0.29) is 5.56 Å². The normalized spacial score (nSPS) is 10.5. The summed E-state index contributed by atoms with van der Waals surface area (Å²) in [6.45, 7) is 3.92. The molecular weight excluding hydrogens is 288 g/mol. The smallest absolute Gasteiger partial charge is 0.339 e. The van der Waals surface area contributed by atoms with Crippen molar-refractivity contribution in [2.75, 3.05) is 19.7 Å². The molecule has 2 aromatic rings. The molecule has 0 fully saturated rings. The van der Waals surface area contributed by atoms with Gasteiger partial charge in [-0.05, 0) is 19.1 Å². The highest BCUT2D eigenvalue weighted by molar-refractivity contribution is 7.09. The summed E-state index contributed by atoms with van der Waals surface area (Å²) in [5.74, 6) is -0.570. The third-order valence-corrected chi connectivity index (χ3v) is 3.70. The summed E-state index contributed by atoms with van der Waals surface area (Å²) in [6, 6.07) is 6.65. The van der Waals surface area contributed by atoms with Gasteiger partial charge in [0.1, 0.15) is 17.9 Å². The highest BCUT2D eigenvalue weighted by Crippen LogP contribution is 2.17. The second-order valence-corrected chi connectivity index (χ2v) is 5.57. The van der Waals surface area contributed by atoms with Crippen molar-refractivity contribution in [3.8, 4) is 5.75 Å². The van der Waals surface area contributed by atoms with Crippen LogP contribution in [0.5, 0.6) is 5.75 Å². The van der Waals surface area contributed by atoms with Crippen molar-refractivity contribution < 1.29 is 14.6 Å². The molecule has 0 atom stereocenters. The molecule has 0 spiro atoms. The van der Waals surface area contributed by atoms with Gasteiger partial charge >= 0.3 is 5.97 Å². The molecule has 0 radical (unpaired) electrons. The number of benzene rings is 1. The van der Waals surface area contributed by atoms with Gasteiger partial charge in [-0.1, -0.05) is 12.1 Å². The Morgan fingerprint density at radius 3 is 2.90 bits per heavy atom. The number of hydrogen-bond acceptors (Lipinski definition) is 5. The standard InChI is InChI=1S/C15H18N2O3S/c1-11-17-12(10-21-11)6-7-16-8-9-20-14-5-3-2-4-13(14)15(18)19/h2-5,10,16H,6-9H2,1H3,(H,18,19).